The van der Waals surface area contributed by atoms with E-state index >= 15 is 0 Å². The average molecular weight is 313 g/mol. The van der Waals surface area contributed by atoms with Gasteiger partial charge in [0.1, 0.15) is 5.82 Å². The van der Waals surface area contributed by atoms with Crippen LogP contribution in [0.3, 0.4) is 0 Å². The van der Waals surface area contributed by atoms with Gasteiger partial charge in [-0.1, -0.05) is 18.9 Å². The third-order valence-electron chi connectivity index (χ3n) is 3.99. The molecule has 3 rings (SSSR count). The standard InChI is InChI=1S/C18H20FN3O/c19-15-6-5-7-16(11-15)21-17-10-14(12-20-13-17)18(23)22-8-3-1-2-4-9-22/h5-7,10-13,21H,1-4,8-9H2. The summed E-state index contributed by atoms with van der Waals surface area (Å²) in [6.45, 7) is 1.61. The average Bonchev–Trinajstić information content (AvgIpc) is 2.84. The first-order chi connectivity index (χ1) is 11.2. The number of nitrogens with zero attached hydrogens (tertiary/aromatic N) is 2. The highest BCUT2D eigenvalue weighted by Crippen LogP contribution is 2.19. The van der Waals surface area contributed by atoms with Crippen LogP contribution in [0.15, 0.2) is 42.7 Å². The van der Waals surface area contributed by atoms with Gasteiger partial charge in [-0.05, 0) is 37.1 Å². The first-order valence-corrected chi connectivity index (χ1v) is 7.99. The molecule has 0 aliphatic carbocycles. The normalized spacial score (nSPS) is 15.1. The van der Waals surface area contributed by atoms with Gasteiger partial charge in [0.25, 0.3) is 5.91 Å². The maximum atomic E-state index is 13.2. The second kappa shape index (κ2) is 7.22. The van der Waals surface area contributed by atoms with Crippen LogP contribution in [-0.2, 0) is 0 Å². The molecule has 5 heteroatoms. The van der Waals surface area contributed by atoms with Gasteiger partial charge in [0, 0.05) is 25.0 Å². The summed E-state index contributed by atoms with van der Waals surface area (Å²) in [5.41, 5.74) is 1.87. The van der Waals surface area contributed by atoms with Gasteiger partial charge in [-0.3, -0.25) is 9.78 Å². The molecule has 1 aromatic carbocycles. The third kappa shape index (κ3) is 4.06. The van der Waals surface area contributed by atoms with E-state index in [1.54, 1.807) is 30.6 Å². The van der Waals surface area contributed by atoms with Gasteiger partial charge in [-0.15, -0.1) is 0 Å². The number of carbonyl (C=O) groups excluding carboxylic acids is 1. The molecule has 1 N–H and O–H groups in total. The highest BCUT2D eigenvalue weighted by molar-refractivity contribution is 5.95. The van der Waals surface area contributed by atoms with Crippen molar-refractivity contribution < 1.29 is 9.18 Å². The molecule has 1 aromatic heterocycles. The minimum Gasteiger partial charge on any atom is -0.354 e. The van der Waals surface area contributed by atoms with Crippen molar-refractivity contribution in [3.63, 3.8) is 0 Å². The van der Waals surface area contributed by atoms with Crippen molar-refractivity contribution in [2.24, 2.45) is 0 Å². The number of halogens is 1. The number of rotatable bonds is 3. The van der Waals surface area contributed by atoms with Crippen molar-refractivity contribution in [3.05, 3.63) is 54.1 Å². The summed E-state index contributed by atoms with van der Waals surface area (Å²) in [5, 5.41) is 3.08. The van der Waals surface area contributed by atoms with Crippen LogP contribution in [0.1, 0.15) is 36.0 Å². The quantitative estimate of drug-likeness (QED) is 0.932. The smallest absolute Gasteiger partial charge is 0.255 e. The summed E-state index contributed by atoms with van der Waals surface area (Å²) in [7, 11) is 0. The molecule has 0 saturated carbocycles. The second-order valence-corrected chi connectivity index (χ2v) is 5.80. The number of hydrogen-bond acceptors (Lipinski definition) is 3. The fourth-order valence-corrected chi connectivity index (χ4v) is 2.81. The Labute approximate surface area is 135 Å². The molecule has 1 aliphatic rings. The minimum atomic E-state index is -0.306. The summed E-state index contributed by atoms with van der Waals surface area (Å²) in [4.78, 5) is 18.6. The van der Waals surface area contributed by atoms with Crippen molar-refractivity contribution in [1.29, 1.82) is 0 Å². The largest absolute Gasteiger partial charge is 0.354 e. The Kier molecular flexibility index (Phi) is 4.86. The Balaban J connectivity index is 1.75. The van der Waals surface area contributed by atoms with E-state index in [-0.39, 0.29) is 11.7 Å². The fourth-order valence-electron chi connectivity index (χ4n) is 2.81. The van der Waals surface area contributed by atoms with E-state index in [0.29, 0.717) is 16.9 Å². The Bertz CT molecular complexity index is 681. The first kappa shape index (κ1) is 15.5. The third-order valence-corrected chi connectivity index (χ3v) is 3.99. The number of likely N-dealkylation sites (tertiary alicyclic amines) is 1. The zero-order chi connectivity index (χ0) is 16.1. The summed E-state index contributed by atoms with van der Waals surface area (Å²) in [5.74, 6) is -0.290. The number of benzene rings is 1. The lowest BCUT2D eigenvalue weighted by molar-refractivity contribution is 0.0761. The van der Waals surface area contributed by atoms with Crippen molar-refractivity contribution in [3.8, 4) is 0 Å². The number of pyridine rings is 1. The Morgan fingerprint density at radius 3 is 2.57 bits per heavy atom. The molecule has 2 aromatic rings. The summed E-state index contributed by atoms with van der Waals surface area (Å²) in [6, 6.07) is 7.97. The fraction of sp³-hybridized carbons (Fsp3) is 0.333. The van der Waals surface area contributed by atoms with Crippen molar-refractivity contribution in [2.45, 2.75) is 25.7 Å². The van der Waals surface area contributed by atoms with E-state index in [1.807, 2.05) is 4.90 Å². The van der Waals surface area contributed by atoms with Crippen molar-refractivity contribution in [1.82, 2.24) is 9.88 Å². The van der Waals surface area contributed by atoms with Gasteiger partial charge in [-0.25, -0.2) is 4.39 Å². The zero-order valence-corrected chi connectivity index (χ0v) is 13.0. The van der Waals surface area contributed by atoms with Crippen LogP contribution < -0.4 is 5.32 Å². The summed E-state index contributed by atoms with van der Waals surface area (Å²) in [6.07, 6.45) is 7.70. The molecular weight excluding hydrogens is 293 g/mol. The van der Waals surface area contributed by atoms with Gasteiger partial charge >= 0.3 is 0 Å². The van der Waals surface area contributed by atoms with Crippen LogP contribution in [0, 0.1) is 5.82 Å². The van der Waals surface area contributed by atoms with E-state index in [1.165, 1.54) is 25.0 Å². The first-order valence-electron chi connectivity index (χ1n) is 7.99. The number of aromatic nitrogens is 1. The highest BCUT2D eigenvalue weighted by atomic mass is 19.1. The molecule has 1 fully saturated rings. The molecule has 0 radical (unpaired) electrons. The molecule has 1 saturated heterocycles. The molecule has 2 heterocycles. The Hall–Kier alpha value is -2.43. The van der Waals surface area contributed by atoms with E-state index in [0.717, 1.165) is 25.9 Å². The maximum Gasteiger partial charge on any atom is 0.255 e. The van der Waals surface area contributed by atoms with Crippen LogP contribution in [-0.4, -0.2) is 28.9 Å². The van der Waals surface area contributed by atoms with Gasteiger partial charge in [0.05, 0.1) is 17.4 Å². The topological polar surface area (TPSA) is 45.2 Å². The summed E-state index contributed by atoms with van der Waals surface area (Å²) >= 11 is 0. The van der Waals surface area contributed by atoms with Crippen LogP contribution in [0.2, 0.25) is 0 Å². The molecule has 0 atom stereocenters. The van der Waals surface area contributed by atoms with Crippen molar-refractivity contribution >= 4 is 17.3 Å². The number of carbonyl (C=O) groups is 1. The lowest BCUT2D eigenvalue weighted by Crippen LogP contribution is -2.31. The van der Waals surface area contributed by atoms with E-state index in [4.69, 9.17) is 0 Å². The lowest BCUT2D eigenvalue weighted by Gasteiger charge is -2.20. The van der Waals surface area contributed by atoms with Crippen LogP contribution in [0.4, 0.5) is 15.8 Å². The predicted octanol–water partition coefficient (Wildman–Crippen LogP) is 3.98. The SMILES string of the molecule is O=C(c1cncc(Nc2cccc(F)c2)c1)N1CCCCCC1. The molecule has 1 aliphatic heterocycles. The maximum absolute atomic E-state index is 13.2. The minimum absolute atomic E-state index is 0.0160. The molecule has 0 spiro atoms. The Morgan fingerprint density at radius 2 is 1.83 bits per heavy atom. The van der Waals surface area contributed by atoms with Crippen molar-refractivity contribution in [2.75, 3.05) is 18.4 Å². The van der Waals surface area contributed by atoms with Gasteiger partial charge in [0.2, 0.25) is 0 Å². The monoisotopic (exact) mass is 313 g/mol. The van der Waals surface area contributed by atoms with Gasteiger partial charge in [-0.2, -0.15) is 0 Å². The molecule has 120 valence electrons. The van der Waals surface area contributed by atoms with Crippen LogP contribution >= 0.6 is 0 Å². The van der Waals surface area contributed by atoms with Gasteiger partial charge < -0.3 is 10.2 Å². The predicted molar refractivity (Wildman–Crippen MR) is 88.3 cm³/mol. The Morgan fingerprint density at radius 1 is 1.04 bits per heavy atom. The van der Waals surface area contributed by atoms with E-state index in [9.17, 15) is 9.18 Å². The highest BCUT2D eigenvalue weighted by Gasteiger charge is 2.17. The second-order valence-electron chi connectivity index (χ2n) is 5.80. The van der Waals surface area contributed by atoms with Crippen LogP contribution in [0.25, 0.3) is 0 Å². The summed E-state index contributed by atoms with van der Waals surface area (Å²) < 4.78 is 13.2. The number of amides is 1. The molecule has 1 amide bonds. The number of nitrogens with one attached hydrogen (secondary N) is 1. The zero-order valence-electron chi connectivity index (χ0n) is 13.0. The molecule has 0 bridgehead atoms. The lowest BCUT2D eigenvalue weighted by atomic mass is 10.2. The number of hydrogen-bond donors (Lipinski definition) is 1. The molecule has 0 unspecified atom stereocenters. The van der Waals surface area contributed by atoms with Crippen LogP contribution in [0.5, 0.6) is 0 Å². The molecule has 23 heavy (non-hydrogen) atoms. The number of anilines is 2. The molecular formula is C18H20FN3O. The van der Waals surface area contributed by atoms with E-state index < -0.39 is 0 Å². The van der Waals surface area contributed by atoms with E-state index in [2.05, 4.69) is 10.3 Å². The molecule has 4 nitrogen and oxygen atoms in total. The van der Waals surface area contributed by atoms with Gasteiger partial charge in [0.15, 0.2) is 0 Å².